The molecule has 1 amide bonds. The molecule has 30 heavy (non-hydrogen) atoms. The number of pyridine rings is 1. The number of carbonyl (C=O) groups is 1. The van der Waals surface area contributed by atoms with Gasteiger partial charge in [-0.25, -0.2) is 4.98 Å². The summed E-state index contributed by atoms with van der Waals surface area (Å²) < 4.78 is 16.3. The average Bonchev–Trinajstić information content (AvgIpc) is 3.14. The van der Waals surface area contributed by atoms with Gasteiger partial charge in [0.15, 0.2) is 5.69 Å². The number of carbonyl (C=O) groups excluding carboxylic acids is 1. The summed E-state index contributed by atoms with van der Waals surface area (Å²) in [5.41, 5.74) is 2.39. The number of rotatable bonds is 6. The quantitative estimate of drug-likeness (QED) is 0.595. The molecule has 0 aliphatic carbocycles. The van der Waals surface area contributed by atoms with E-state index in [2.05, 4.69) is 25.7 Å². The lowest BCUT2D eigenvalue weighted by Crippen LogP contribution is -2.39. The Kier molecular flexibility index (Phi) is 6.20. The number of ether oxygens (including phenoxy) is 2. The fourth-order valence-electron chi connectivity index (χ4n) is 3.07. The van der Waals surface area contributed by atoms with Gasteiger partial charge in [0.1, 0.15) is 23.2 Å². The molecule has 1 aliphatic heterocycles. The fourth-order valence-corrected chi connectivity index (χ4v) is 3.18. The smallest absolute Gasteiger partial charge is 0.272 e. The first-order chi connectivity index (χ1) is 14.6. The molecule has 9 nitrogen and oxygen atoms in total. The van der Waals surface area contributed by atoms with Crippen LogP contribution in [0.5, 0.6) is 5.88 Å². The molecule has 1 fully saturated rings. The van der Waals surface area contributed by atoms with Crippen LogP contribution in [-0.2, 0) is 11.3 Å². The van der Waals surface area contributed by atoms with Crippen molar-refractivity contribution in [1.82, 2.24) is 25.7 Å². The molecule has 3 aromatic rings. The third kappa shape index (κ3) is 4.74. The van der Waals surface area contributed by atoms with Crippen LogP contribution in [0.4, 0.5) is 0 Å². The Morgan fingerprint density at radius 3 is 2.77 bits per heavy atom. The summed E-state index contributed by atoms with van der Waals surface area (Å²) in [5, 5.41) is 15.4. The highest BCUT2D eigenvalue weighted by Crippen LogP contribution is 2.26. The Bertz CT molecular complexity index is 1000. The molecule has 0 saturated carbocycles. The van der Waals surface area contributed by atoms with Crippen molar-refractivity contribution in [3.05, 3.63) is 52.6 Å². The van der Waals surface area contributed by atoms with Crippen molar-refractivity contribution in [3.63, 3.8) is 0 Å². The van der Waals surface area contributed by atoms with E-state index in [1.807, 2.05) is 6.07 Å². The molecule has 1 aliphatic rings. The molecule has 0 unspecified atom stereocenters. The van der Waals surface area contributed by atoms with E-state index in [0.29, 0.717) is 35.7 Å². The van der Waals surface area contributed by atoms with Gasteiger partial charge in [-0.3, -0.25) is 4.79 Å². The molecule has 10 heteroatoms. The number of hydrogen-bond donors (Lipinski definition) is 1. The van der Waals surface area contributed by atoms with Gasteiger partial charge in [-0.1, -0.05) is 16.8 Å². The van der Waals surface area contributed by atoms with Gasteiger partial charge in [0.05, 0.1) is 5.56 Å². The van der Waals surface area contributed by atoms with Gasteiger partial charge in [0.2, 0.25) is 5.88 Å². The summed E-state index contributed by atoms with van der Waals surface area (Å²) in [6.45, 7) is 3.28. The highest BCUT2D eigenvalue weighted by molar-refractivity contribution is 6.29. The molecule has 4 heterocycles. The Morgan fingerprint density at radius 2 is 2.07 bits per heavy atom. The maximum atomic E-state index is 12.3. The Balaban J connectivity index is 1.39. The molecule has 4 rings (SSSR count). The van der Waals surface area contributed by atoms with Crippen LogP contribution in [0.1, 0.15) is 34.7 Å². The number of halogens is 1. The van der Waals surface area contributed by atoms with Gasteiger partial charge >= 0.3 is 0 Å². The molecule has 1 saturated heterocycles. The van der Waals surface area contributed by atoms with Crippen LogP contribution in [-0.4, -0.2) is 45.5 Å². The van der Waals surface area contributed by atoms with Gasteiger partial charge in [0.25, 0.3) is 5.91 Å². The standard InChI is InChI=1S/C20H20ClN5O4/c1-12-15(19(26-30-12)13-2-4-17(21)22-10-13)11-29-18-5-3-16(24-25-18)20(27)23-14-6-8-28-9-7-14/h2-5,10,14H,6-9,11H2,1H3,(H,23,27). The maximum Gasteiger partial charge on any atom is 0.272 e. The molecule has 3 aromatic heterocycles. The Morgan fingerprint density at radius 1 is 1.23 bits per heavy atom. The van der Waals surface area contributed by atoms with E-state index in [1.54, 1.807) is 31.3 Å². The van der Waals surface area contributed by atoms with E-state index >= 15 is 0 Å². The van der Waals surface area contributed by atoms with Crippen molar-refractivity contribution >= 4 is 17.5 Å². The fraction of sp³-hybridized carbons (Fsp3) is 0.350. The van der Waals surface area contributed by atoms with Crippen molar-refractivity contribution in [2.24, 2.45) is 0 Å². The van der Waals surface area contributed by atoms with Crippen molar-refractivity contribution in [3.8, 4) is 17.1 Å². The lowest BCUT2D eigenvalue weighted by atomic mass is 10.1. The van der Waals surface area contributed by atoms with Crippen LogP contribution in [0.2, 0.25) is 5.15 Å². The topological polar surface area (TPSA) is 112 Å². The molecular formula is C20H20ClN5O4. The van der Waals surface area contributed by atoms with Crippen LogP contribution in [0.15, 0.2) is 35.0 Å². The normalized spacial score (nSPS) is 14.5. The zero-order valence-electron chi connectivity index (χ0n) is 16.3. The van der Waals surface area contributed by atoms with Crippen molar-refractivity contribution in [1.29, 1.82) is 0 Å². The second-order valence-electron chi connectivity index (χ2n) is 6.84. The van der Waals surface area contributed by atoms with Crippen LogP contribution >= 0.6 is 11.6 Å². The highest BCUT2D eigenvalue weighted by Gasteiger charge is 2.19. The third-order valence-electron chi connectivity index (χ3n) is 4.78. The van der Waals surface area contributed by atoms with Gasteiger partial charge in [-0.15, -0.1) is 10.2 Å². The van der Waals surface area contributed by atoms with Crippen LogP contribution in [0.3, 0.4) is 0 Å². The molecule has 156 valence electrons. The summed E-state index contributed by atoms with van der Waals surface area (Å²) in [5.74, 6) is 0.659. The third-order valence-corrected chi connectivity index (χ3v) is 5.00. The van der Waals surface area contributed by atoms with E-state index < -0.39 is 0 Å². The van der Waals surface area contributed by atoms with Gasteiger partial charge in [-0.05, 0) is 38.0 Å². The summed E-state index contributed by atoms with van der Waals surface area (Å²) in [4.78, 5) is 16.4. The number of nitrogens with one attached hydrogen (secondary N) is 1. The lowest BCUT2D eigenvalue weighted by molar-refractivity contribution is 0.0693. The summed E-state index contributed by atoms with van der Waals surface area (Å²) in [7, 11) is 0. The molecule has 0 aromatic carbocycles. The molecule has 0 spiro atoms. The monoisotopic (exact) mass is 429 g/mol. The first-order valence-electron chi connectivity index (χ1n) is 9.52. The maximum absolute atomic E-state index is 12.3. The Hall–Kier alpha value is -3.04. The van der Waals surface area contributed by atoms with Crippen molar-refractivity contribution < 1.29 is 18.8 Å². The number of hydrogen-bond acceptors (Lipinski definition) is 8. The molecule has 0 radical (unpaired) electrons. The Labute approximate surface area is 177 Å². The first-order valence-corrected chi connectivity index (χ1v) is 9.90. The summed E-state index contributed by atoms with van der Waals surface area (Å²) in [6.07, 6.45) is 3.21. The average molecular weight is 430 g/mol. The number of amides is 1. The number of aromatic nitrogens is 4. The van der Waals surface area contributed by atoms with E-state index in [4.69, 9.17) is 25.6 Å². The lowest BCUT2D eigenvalue weighted by Gasteiger charge is -2.22. The second kappa shape index (κ2) is 9.19. The van der Waals surface area contributed by atoms with Crippen LogP contribution in [0.25, 0.3) is 11.3 Å². The van der Waals surface area contributed by atoms with Crippen LogP contribution in [0, 0.1) is 6.92 Å². The van der Waals surface area contributed by atoms with Crippen molar-refractivity contribution in [2.45, 2.75) is 32.4 Å². The van der Waals surface area contributed by atoms with Gasteiger partial charge in [-0.2, -0.15) is 0 Å². The predicted octanol–water partition coefficient (Wildman–Crippen LogP) is 2.98. The van der Waals surface area contributed by atoms with Gasteiger partial charge < -0.3 is 19.3 Å². The number of nitrogens with zero attached hydrogens (tertiary/aromatic N) is 4. The predicted molar refractivity (Wildman–Crippen MR) is 107 cm³/mol. The largest absolute Gasteiger partial charge is 0.472 e. The van der Waals surface area contributed by atoms with E-state index in [9.17, 15) is 4.79 Å². The summed E-state index contributed by atoms with van der Waals surface area (Å²) in [6, 6.07) is 6.78. The molecule has 1 N–H and O–H groups in total. The molecule has 0 atom stereocenters. The minimum Gasteiger partial charge on any atom is -0.472 e. The second-order valence-corrected chi connectivity index (χ2v) is 7.23. The van der Waals surface area contributed by atoms with Crippen LogP contribution < -0.4 is 10.1 Å². The first kappa shape index (κ1) is 20.2. The zero-order chi connectivity index (χ0) is 20.9. The summed E-state index contributed by atoms with van der Waals surface area (Å²) >= 11 is 5.85. The minimum atomic E-state index is -0.256. The number of aryl methyl sites for hydroxylation is 1. The molecule has 0 bridgehead atoms. The van der Waals surface area contributed by atoms with E-state index in [1.165, 1.54) is 0 Å². The highest BCUT2D eigenvalue weighted by atomic mass is 35.5. The van der Waals surface area contributed by atoms with Gasteiger partial charge in [0, 0.05) is 37.1 Å². The zero-order valence-corrected chi connectivity index (χ0v) is 17.1. The SMILES string of the molecule is Cc1onc(-c2ccc(Cl)nc2)c1COc1ccc(C(=O)NC2CCOCC2)nn1. The van der Waals surface area contributed by atoms with Crippen molar-refractivity contribution in [2.75, 3.05) is 13.2 Å². The van der Waals surface area contributed by atoms with E-state index in [0.717, 1.165) is 24.0 Å². The minimum absolute atomic E-state index is 0.0984. The van der Waals surface area contributed by atoms with E-state index in [-0.39, 0.29) is 24.2 Å². The molecular weight excluding hydrogens is 410 g/mol.